The molecule has 5 amide bonds. The first kappa shape index (κ1) is 51.5. The monoisotopic (exact) mass is 866 g/mol. The third-order valence-electron chi connectivity index (χ3n) is 9.50. The van der Waals surface area contributed by atoms with E-state index in [1.54, 1.807) is 0 Å². The molecular formula is C34H54N6O20-2. The van der Waals surface area contributed by atoms with Crippen LogP contribution in [0, 0.1) is 0 Å². The Morgan fingerprint density at radius 1 is 0.700 bits per heavy atom. The molecule has 2 aliphatic heterocycles. The van der Waals surface area contributed by atoms with Gasteiger partial charge in [0.15, 0.2) is 12.6 Å². The number of carboxylic acid groups (broad SMARTS) is 3. The summed E-state index contributed by atoms with van der Waals surface area (Å²) in [7, 11) is 0. The van der Waals surface area contributed by atoms with E-state index in [1.165, 1.54) is 6.92 Å². The zero-order valence-electron chi connectivity index (χ0n) is 33.2. The highest BCUT2D eigenvalue weighted by Gasteiger charge is 2.53. The van der Waals surface area contributed by atoms with E-state index in [2.05, 4.69) is 32.3 Å². The first-order valence-corrected chi connectivity index (χ1v) is 18.8. The number of carbonyl (C=O) groups is 8. The molecule has 26 heteroatoms. The Morgan fingerprint density at radius 3 is 1.80 bits per heavy atom. The molecule has 0 aliphatic carbocycles. The second-order valence-corrected chi connectivity index (χ2v) is 14.3. The van der Waals surface area contributed by atoms with Crippen LogP contribution in [-0.4, -0.2) is 178 Å². The maximum atomic E-state index is 13.3. The van der Waals surface area contributed by atoms with Crippen LogP contribution in [0.3, 0.4) is 0 Å². The molecule has 0 aromatic heterocycles. The Labute approximate surface area is 342 Å². The molecule has 26 nitrogen and oxygen atoms in total. The highest BCUT2D eigenvalue weighted by atomic mass is 16.7. The van der Waals surface area contributed by atoms with E-state index in [-0.39, 0.29) is 19.3 Å². The van der Waals surface area contributed by atoms with Crippen molar-refractivity contribution in [3.8, 4) is 0 Å². The lowest BCUT2D eigenvalue weighted by atomic mass is 9.94. The number of hydrogen-bond acceptors (Lipinski definition) is 20. The summed E-state index contributed by atoms with van der Waals surface area (Å²) in [6.45, 7) is 2.74. The third kappa shape index (κ3) is 15.1. The lowest BCUT2D eigenvalue weighted by molar-refractivity contribution is -0.438. The van der Waals surface area contributed by atoms with Crippen molar-refractivity contribution >= 4 is 47.4 Å². The molecule has 2 unspecified atom stereocenters. The first-order chi connectivity index (χ1) is 28.0. The molecule has 2 heterocycles. The van der Waals surface area contributed by atoms with Crippen LogP contribution in [0.4, 0.5) is 0 Å². The number of aliphatic hydroxyl groups excluding tert-OH is 5. The number of aliphatic hydroxyl groups is 5. The highest BCUT2D eigenvalue weighted by molar-refractivity contribution is 5.91. The van der Waals surface area contributed by atoms with E-state index >= 15 is 0 Å². The fourth-order valence-electron chi connectivity index (χ4n) is 6.24. The predicted molar refractivity (Wildman–Crippen MR) is 186 cm³/mol. The number of hydrogen-bond donors (Lipinski definition) is 11. The van der Waals surface area contributed by atoms with Crippen molar-refractivity contribution in [1.82, 2.24) is 26.6 Å². The fraction of sp³-hybridized carbons (Fsp3) is 0.765. The predicted octanol–water partition coefficient (Wildman–Crippen LogP) is -11.4. The molecule has 2 rings (SSSR count). The molecule has 0 saturated carbocycles. The van der Waals surface area contributed by atoms with Crippen LogP contribution in [0.15, 0.2) is 0 Å². The Bertz CT molecular complexity index is 1520. The quantitative estimate of drug-likeness (QED) is 0.0454. The Hall–Kier alpha value is -4.64. The zero-order valence-corrected chi connectivity index (χ0v) is 33.2. The van der Waals surface area contributed by atoms with Crippen LogP contribution in [0.2, 0.25) is 0 Å². The Morgan fingerprint density at radius 2 is 1.27 bits per heavy atom. The summed E-state index contributed by atoms with van der Waals surface area (Å²) < 4.78 is 23.0. The molecule has 342 valence electrons. The van der Waals surface area contributed by atoms with Crippen molar-refractivity contribution in [2.45, 2.75) is 151 Å². The van der Waals surface area contributed by atoms with Gasteiger partial charge in [0.1, 0.15) is 66.9 Å². The highest BCUT2D eigenvalue weighted by Crippen LogP contribution is 2.31. The minimum Gasteiger partial charge on any atom is -0.548 e. The zero-order chi connectivity index (χ0) is 45.6. The molecule has 0 aromatic carbocycles. The van der Waals surface area contributed by atoms with Crippen LogP contribution >= 0.6 is 0 Å². The molecule has 60 heavy (non-hydrogen) atoms. The number of quaternary nitrogens is 1. The van der Waals surface area contributed by atoms with Crippen LogP contribution < -0.4 is 47.6 Å². The van der Waals surface area contributed by atoms with Crippen LogP contribution in [-0.2, 0) is 57.3 Å². The molecular weight excluding hydrogens is 812 g/mol. The van der Waals surface area contributed by atoms with Gasteiger partial charge in [-0.2, -0.15) is 0 Å². The van der Waals surface area contributed by atoms with Crippen LogP contribution in [0.1, 0.15) is 59.8 Å². The summed E-state index contributed by atoms with van der Waals surface area (Å²) in [4.78, 5) is 97.0. The second-order valence-electron chi connectivity index (χ2n) is 14.3. The van der Waals surface area contributed by atoms with Crippen molar-refractivity contribution in [3.63, 3.8) is 0 Å². The van der Waals surface area contributed by atoms with E-state index in [0.717, 1.165) is 20.8 Å². The molecule has 0 aromatic rings. The van der Waals surface area contributed by atoms with Gasteiger partial charge in [-0.15, -0.1) is 0 Å². The average molecular weight is 867 g/mol. The number of carbonyl (C=O) groups excluding carboxylic acids is 8. The topological polar surface area (TPSA) is 432 Å². The molecule has 0 radical (unpaired) electrons. The van der Waals surface area contributed by atoms with Gasteiger partial charge in [-0.25, -0.2) is 0 Å². The molecule has 2 aliphatic rings. The number of rotatable bonds is 23. The minimum absolute atomic E-state index is 0.00881. The Kier molecular flexibility index (Phi) is 20.6. The van der Waals surface area contributed by atoms with Gasteiger partial charge in [-0.05, 0) is 33.1 Å². The number of aliphatic carboxylic acids is 3. The van der Waals surface area contributed by atoms with E-state index in [1.807, 2.05) is 0 Å². The van der Waals surface area contributed by atoms with Crippen molar-refractivity contribution < 1.29 is 104 Å². The SMILES string of the molecule is CC(=O)N[C@@H]1[C@@H](OC(C)C(=O)N[C@@H](C)C(=O)N[C@H](CCC(=O)N[C@@H](CCCC([NH3+])C(=O)[O-])C(=O)[O-])C(=O)[O-])[C@H](O[C@@H]2O[C@H](CO)[C@@H](O)[C@H](O)[C@H]2NC(C)=O)[C@@H](CO)O[C@@H]1O. The van der Waals surface area contributed by atoms with E-state index in [4.69, 9.17) is 18.9 Å². The lowest BCUT2D eigenvalue weighted by Gasteiger charge is -2.48. The molecule has 2 fully saturated rings. The molecule has 15 atom stereocenters. The summed E-state index contributed by atoms with van der Waals surface area (Å²) in [5.74, 6) is -9.50. The largest absolute Gasteiger partial charge is 0.548 e. The standard InChI is InChI=1S/C34H56N6O20/c1-12(28(48)40-18(32(54)55)8-9-21(45)39-17(31(52)53)7-5-6-16(35)30(50)51)36-29(49)13(2)57-27-23(38-15(4)44)33(56)58-20(11-42)26(27)60-34-22(37-14(3)43)25(47)24(46)19(10-41)59-34/h12-13,16-20,22-27,33-34,41-42,46-47,56H,5-11,35H2,1-4H3,(H,36,49)(H,37,43)(H,38,44)(H,39,45)(H,40,48)(H,50,51)(H,52,53)(H,54,55)/p-2/t12-,13?,16?,17-,18+,19+,20+,22+,23+,24+,25+,26+,27+,33-,34-/m0/s1. The molecule has 0 bridgehead atoms. The van der Waals surface area contributed by atoms with Crippen molar-refractivity contribution in [2.75, 3.05) is 13.2 Å². The summed E-state index contributed by atoms with van der Waals surface area (Å²) >= 11 is 0. The van der Waals surface area contributed by atoms with Gasteiger partial charge in [-0.3, -0.25) is 24.0 Å². The van der Waals surface area contributed by atoms with Gasteiger partial charge >= 0.3 is 0 Å². The van der Waals surface area contributed by atoms with Gasteiger partial charge in [0, 0.05) is 26.7 Å². The van der Waals surface area contributed by atoms with Crippen LogP contribution in [0.5, 0.6) is 0 Å². The third-order valence-corrected chi connectivity index (χ3v) is 9.50. The van der Waals surface area contributed by atoms with Gasteiger partial charge in [0.05, 0.1) is 43.2 Å². The fourth-order valence-corrected chi connectivity index (χ4v) is 6.24. The van der Waals surface area contributed by atoms with Gasteiger partial charge in [-0.1, -0.05) is 0 Å². The van der Waals surface area contributed by atoms with E-state index < -0.39 is 165 Å². The van der Waals surface area contributed by atoms with Gasteiger partial charge < -0.3 is 107 Å². The van der Waals surface area contributed by atoms with Crippen molar-refractivity contribution in [1.29, 1.82) is 0 Å². The lowest BCUT2D eigenvalue weighted by Crippen LogP contribution is -2.70. The summed E-state index contributed by atoms with van der Waals surface area (Å²) in [6, 6.07) is -9.06. The second kappa shape index (κ2) is 24.0. The van der Waals surface area contributed by atoms with Crippen LogP contribution in [0.25, 0.3) is 0 Å². The smallest absolute Gasteiger partial charge is 0.249 e. The normalized spacial score (nSPS) is 29.0. The van der Waals surface area contributed by atoms with E-state index in [9.17, 15) is 79.2 Å². The maximum absolute atomic E-state index is 13.3. The average Bonchev–Trinajstić information content (AvgIpc) is 3.16. The van der Waals surface area contributed by atoms with E-state index in [0.29, 0.717) is 0 Å². The summed E-state index contributed by atoms with van der Waals surface area (Å²) in [5, 5.41) is 97.2. The maximum Gasteiger partial charge on any atom is 0.249 e. The van der Waals surface area contributed by atoms with Gasteiger partial charge in [0.2, 0.25) is 29.5 Å². The first-order valence-electron chi connectivity index (χ1n) is 18.8. The molecule has 2 saturated heterocycles. The van der Waals surface area contributed by atoms with Crippen molar-refractivity contribution in [3.05, 3.63) is 0 Å². The number of ether oxygens (including phenoxy) is 4. The summed E-state index contributed by atoms with van der Waals surface area (Å²) in [6.07, 6.45) is -16.4. The molecule has 0 spiro atoms. The summed E-state index contributed by atoms with van der Waals surface area (Å²) in [5.41, 5.74) is 3.34. The minimum atomic E-state index is -1.90. The Balaban J connectivity index is 2.18. The number of carboxylic acids is 3. The number of nitrogens with one attached hydrogen (secondary N) is 5. The van der Waals surface area contributed by atoms with Crippen molar-refractivity contribution in [2.24, 2.45) is 0 Å². The number of amides is 5. The van der Waals surface area contributed by atoms with Gasteiger partial charge in [0.25, 0.3) is 0 Å². The molecule has 13 N–H and O–H groups in total.